The molecule has 0 fully saturated rings. The summed E-state index contributed by atoms with van der Waals surface area (Å²) < 4.78 is 17.8. The van der Waals surface area contributed by atoms with E-state index in [2.05, 4.69) is 34.5 Å². The van der Waals surface area contributed by atoms with E-state index in [0.29, 0.717) is 58.8 Å². The monoisotopic (exact) mass is 646 g/mol. The van der Waals surface area contributed by atoms with Crippen LogP contribution in [0.1, 0.15) is 38.2 Å². The predicted molar refractivity (Wildman–Crippen MR) is 151 cm³/mol. The highest BCUT2D eigenvalue weighted by Crippen LogP contribution is 2.37. The molecule has 3 atom stereocenters. The third-order valence-electron chi connectivity index (χ3n) is 6.11. The highest BCUT2D eigenvalue weighted by Gasteiger charge is 2.40. The molecule has 0 aliphatic heterocycles. The average Bonchev–Trinajstić information content (AvgIpc) is 2.92. The highest BCUT2D eigenvalue weighted by molar-refractivity contribution is 14.1. The first-order valence-electron chi connectivity index (χ1n) is 12.7. The summed E-state index contributed by atoms with van der Waals surface area (Å²) in [7, 11) is 1.47. The number of halogens is 1. The molecule has 0 saturated heterocycles. The molecule has 3 unspecified atom stereocenters. The van der Waals surface area contributed by atoms with E-state index in [9.17, 15) is 19.8 Å². The smallest absolute Gasteiger partial charge is 0.247 e. The summed E-state index contributed by atoms with van der Waals surface area (Å²) >= 11 is 2.06. The van der Waals surface area contributed by atoms with Crippen molar-refractivity contribution in [3.05, 3.63) is 45.6 Å². The minimum atomic E-state index is -1.15. The van der Waals surface area contributed by atoms with Gasteiger partial charge in [0, 0.05) is 44.7 Å². The second kappa shape index (κ2) is 16.7. The van der Waals surface area contributed by atoms with Gasteiger partial charge in [-0.1, -0.05) is 6.08 Å². The SMILES string of the molecule is C=CCCC(=O)N(CCCOCC)C1CC(C(=O)NCCO)=CC(Oc2c(I)cc(CO)cc2OC)C1O. The van der Waals surface area contributed by atoms with Gasteiger partial charge in [-0.25, -0.2) is 0 Å². The van der Waals surface area contributed by atoms with Crippen LogP contribution in [0.15, 0.2) is 36.4 Å². The first-order valence-corrected chi connectivity index (χ1v) is 13.8. The van der Waals surface area contributed by atoms with Crippen molar-refractivity contribution in [3.63, 3.8) is 0 Å². The Morgan fingerprint density at radius 3 is 2.71 bits per heavy atom. The number of carbonyl (C=O) groups is 2. The maximum atomic E-state index is 13.2. The molecule has 0 saturated carbocycles. The van der Waals surface area contributed by atoms with Crippen molar-refractivity contribution in [2.24, 2.45) is 0 Å². The van der Waals surface area contributed by atoms with Gasteiger partial charge in [-0.2, -0.15) is 0 Å². The van der Waals surface area contributed by atoms with Gasteiger partial charge in [-0.3, -0.25) is 9.59 Å². The van der Waals surface area contributed by atoms with Crippen molar-refractivity contribution in [3.8, 4) is 11.5 Å². The maximum absolute atomic E-state index is 13.2. The summed E-state index contributed by atoms with van der Waals surface area (Å²) in [6.07, 6.45) is 2.46. The molecule has 0 radical (unpaired) electrons. The van der Waals surface area contributed by atoms with Gasteiger partial charge in [-0.05, 0) is 66.1 Å². The standard InChI is InChI=1S/C27H39IN2O8/c1-4-6-8-24(33)30(10-7-12-37-5-2)21-15-19(27(35)29-9-11-31)16-22(25(21)34)38-26-20(28)13-18(17-32)14-23(26)36-3/h4,13-14,16,21-22,25,31-32,34H,1,5-12,15,17H2,2-3H3,(H,29,35). The number of rotatable bonds is 16. The highest BCUT2D eigenvalue weighted by atomic mass is 127. The van der Waals surface area contributed by atoms with E-state index >= 15 is 0 Å². The van der Waals surface area contributed by atoms with E-state index in [1.807, 2.05) is 6.92 Å². The van der Waals surface area contributed by atoms with E-state index in [1.54, 1.807) is 29.2 Å². The molecule has 11 heteroatoms. The third-order valence-corrected chi connectivity index (χ3v) is 6.92. The number of amides is 2. The van der Waals surface area contributed by atoms with E-state index < -0.39 is 24.2 Å². The zero-order valence-electron chi connectivity index (χ0n) is 22.0. The first kappa shape index (κ1) is 32.0. The molecule has 0 aromatic heterocycles. The van der Waals surface area contributed by atoms with Crippen LogP contribution in [0.3, 0.4) is 0 Å². The minimum absolute atomic E-state index is 0.0690. The van der Waals surface area contributed by atoms with Crippen molar-refractivity contribution in [2.45, 2.75) is 57.5 Å². The number of methoxy groups -OCH3 is 1. The maximum Gasteiger partial charge on any atom is 0.247 e. The van der Waals surface area contributed by atoms with E-state index in [1.165, 1.54) is 7.11 Å². The van der Waals surface area contributed by atoms with Gasteiger partial charge in [0.05, 0.1) is 29.9 Å². The molecule has 4 N–H and O–H groups in total. The minimum Gasteiger partial charge on any atom is -0.493 e. The summed E-state index contributed by atoms with van der Waals surface area (Å²) in [6, 6.07) is 2.64. The molecular weight excluding hydrogens is 607 g/mol. The normalized spacial score (nSPS) is 18.9. The van der Waals surface area contributed by atoms with E-state index in [-0.39, 0.29) is 38.5 Å². The Morgan fingerprint density at radius 1 is 1.32 bits per heavy atom. The van der Waals surface area contributed by atoms with Crippen molar-refractivity contribution >= 4 is 34.4 Å². The van der Waals surface area contributed by atoms with Gasteiger partial charge in [0.25, 0.3) is 0 Å². The van der Waals surface area contributed by atoms with Crippen LogP contribution in [0.5, 0.6) is 11.5 Å². The van der Waals surface area contributed by atoms with Crippen LogP contribution in [0.25, 0.3) is 0 Å². The van der Waals surface area contributed by atoms with Crippen LogP contribution in [0.4, 0.5) is 0 Å². The number of carbonyl (C=O) groups excluding carboxylic acids is 2. The summed E-state index contributed by atoms with van der Waals surface area (Å²) in [5.74, 6) is 0.142. The molecule has 212 valence electrons. The molecule has 2 rings (SSSR count). The van der Waals surface area contributed by atoms with Gasteiger partial charge in [0.15, 0.2) is 11.5 Å². The average molecular weight is 647 g/mol. The fourth-order valence-electron chi connectivity index (χ4n) is 4.22. The molecule has 1 aromatic rings. The molecular formula is C27H39IN2O8. The number of allylic oxidation sites excluding steroid dienone is 1. The molecule has 2 amide bonds. The van der Waals surface area contributed by atoms with Gasteiger partial charge >= 0.3 is 0 Å². The Balaban J connectivity index is 2.46. The fourth-order valence-corrected chi connectivity index (χ4v) is 5.01. The fraction of sp³-hybridized carbons (Fsp3) is 0.556. The Hall–Kier alpha value is -2.19. The third kappa shape index (κ3) is 8.94. The molecule has 10 nitrogen and oxygen atoms in total. The van der Waals surface area contributed by atoms with Crippen LogP contribution >= 0.6 is 22.6 Å². The van der Waals surface area contributed by atoms with Crippen LogP contribution in [0.2, 0.25) is 0 Å². The summed E-state index contributed by atoms with van der Waals surface area (Å²) in [4.78, 5) is 27.8. The summed E-state index contributed by atoms with van der Waals surface area (Å²) in [6.45, 7) is 6.60. The van der Waals surface area contributed by atoms with Gasteiger partial charge in [-0.15, -0.1) is 6.58 Å². The molecule has 1 aliphatic carbocycles. The number of ether oxygens (including phenoxy) is 3. The molecule has 0 spiro atoms. The number of nitrogens with one attached hydrogen (secondary N) is 1. The molecule has 38 heavy (non-hydrogen) atoms. The number of hydrogen-bond donors (Lipinski definition) is 4. The lowest BCUT2D eigenvalue weighted by Gasteiger charge is -2.40. The number of aliphatic hydroxyl groups is 3. The van der Waals surface area contributed by atoms with Crippen molar-refractivity contribution in [2.75, 3.05) is 40.0 Å². The lowest BCUT2D eigenvalue weighted by Crippen LogP contribution is -2.55. The van der Waals surface area contributed by atoms with Gasteiger partial charge in [0.1, 0.15) is 12.2 Å². The quantitative estimate of drug-likeness (QED) is 0.122. The summed E-state index contributed by atoms with van der Waals surface area (Å²) in [5, 5.41) is 32.9. The Morgan fingerprint density at radius 2 is 2.08 bits per heavy atom. The summed E-state index contributed by atoms with van der Waals surface area (Å²) in [5.41, 5.74) is 0.972. The van der Waals surface area contributed by atoms with Gasteiger partial charge in [0.2, 0.25) is 11.8 Å². The molecule has 1 aliphatic rings. The van der Waals surface area contributed by atoms with E-state index in [4.69, 9.17) is 19.3 Å². The Bertz CT molecular complexity index is 971. The molecule has 0 bridgehead atoms. The van der Waals surface area contributed by atoms with Crippen molar-refractivity contribution in [1.29, 1.82) is 0 Å². The number of aliphatic hydroxyl groups excluding tert-OH is 3. The van der Waals surface area contributed by atoms with Crippen molar-refractivity contribution in [1.82, 2.24) is 10.2 Å². The lowest BCUT2D eigenvalue weighted by molar-refractivity contribution is -0.138. The largest absolute Gasteiger partial charge is 0.493 e. The Kier molecular flexibility index (Phi) is 14.1. The van der Waals surface area contributed by atoms with Crippen LogP contribution in [-0.2, 0) is 20.9 Å². The predicted octanol–water partition coefficient (Wildman–Crippen LogP) is 1.93. The zero-order chi connectivity index (χ0) is 28.1. The number of nitrogens with zero attached hydrogens (tertiary/aromatic N) is 1. The molecule has 1 aromatic carbocycles. The topological polar surface area (TPSA) is 138 Å². The van der Waals surface area contributed by atoms with Crippen molar-refractivity contribution < 1.29 is 39.1 Å². The first-order chi connectivity index (χ1) is 18.3. The second-order valence-corrected chi connectivity index (χ2v) is 9.91. The van der Waals surface area contributed by atoms with Crippen LogP contribution < -0.4 is 14.8 Å². The Labute approximate surface area is 237 Å². The van der Waals surface area contributed by atoms with Crippen LogP contribution in [0, 0.1) is 3.57 Å². The zero-order valence-corrected chi connectivity index (χ0v) is 24.2. The van der Waals surface area contributed by atoms with E-state index in [0.717, 1.165) is 0 Å². The number of hydrogen-bond acceptors (Lipinski definition) is 8. The van der Waals surface area contributed by atoms with Crippen LogP contribution in [-0.4, -0.2) is 90.3 Å². The molecule has 0 heterocycles. The van der Waals surface area contributed by atoms with Gasteiger partial charge < -0.3 is 39.7 Å². The lowest BCUT2D eigenvalue weighted by atomic mass is 9.87. The number of benzene rings is 1. The second-order valence-electron chi connectivity index (χ2n) is 8.75.